The number of alkyl halides is 1. The van der Waals surface area contributed by atoms with Crippen LogP contribution in [0.1, 0.15) is 63.4 Å². The molecule has 0 radical (unpaired) electrons. The summed E-state index contributed by atoms with van der Waals surface area (Å²) in [5.74, 6) is 2.00. The molecule has 1 N–H and O–H groups in total. The lowest BCUT2D eigenvalue weighted by atomic mass is 9.48. The van der Waals surface area contributed by atoms with Gasteiger partial charge in [0.05, 0.1) is 0 Å². The van der Waals surface area contributed by atoms with Gasteiger partial charge in [-0.1, -0.05) is 39.7 Å². The maximum atomic E-state index is 13.0. The van der Waals surface area contributed by atoms with Crippen molar-refractivity contribution in [2.24, 2.45) is 17.3 Å². The molecule has 1 amide bonds. The molecule has 2 atom stereocenters. The molecule has 1 aromatic carbocycles. The molecular formula is C24H32BrClN2O. The third-order valence-corrected chi connectivity index (χ3v) is 9.10. The molecule has 0 aromatic heterocycles. The monoisotopic (exact) mass is 478 g/mol. The van der Waals surface area contributed by atoms with Crippen LogP contribution in [0.2, 0.25) is 5.02 Å². The normalized spacial score (nSPS) is 37.0. The Balaban J connectivity index is 1.11. The predicted octanol–water partition coefficient (Wildman–Crippen LogP) is 5.54. The third-order valence-electron chi connectivity index (χ3n) is 7.92. The Morgan fingerprint density at radius 2 is 1.76 bits per heavy atom. The molecule has 6 rings (SSSR count). The number of carbonyl (C=O) groups is 1. The number of benzene rings is 1. The van der Waals surface area contributed by atoms with Crippen LogP contribution in [0.3, 0.4) is 0 Å². The molecule has 3 nitrogen and oxygen atoms in total. The Hall–Kier alpha value is -0.580. The molecule has 1 saturated heterocycles. The average molecular weight is 480 g/mol. The van der Waals surface area contributed by atoms with E-state index in [0.717, 1.165) is 55.8 Å². The molecule has 1 aliphatic heterocycles. The molecule has 5 heteroatoms. The zero-order valence-corrected chi connectivity index (χ0v) is 19.5. The highest BCUT2D eigenvalue weighted by Crippen LogP contribution is 2.65. The lowest BCUT2D eigenvalue weighted by molar-refractivity contribution is -0.129. The molecule has 0 spiro atoms. The molecule has 1 aromatic rings. The van der Waals surface area contributed by atoms with E-state index in [4.69, 9.17) is 11.6 Å². The molecule has 5 fully saturated rings. The number of likely N-dealkylation sites (tertiary alicyclic amines) is 1. The maximum absolute atomic E-state index is 13.0. The topological polar surface area (TPSA) is 32.3 Å². The van der Waals surface area contributed by atoms with Gasteiger partial charge in [-0.2, -0.15) is 0 Å². The number of hydrogen-bond acceptors (Lipinski definition) is 2. The van der Waals surface area contributed by atoms with Gasteiger partial charge in [0.1, 0.15) is 0 Å². The van der Waals surface area contributed by atoms with Crippen molar-refractivity contribution in [3.8, 4) is 0 Å². The Kier molecular flexibility index (Phi) is 5.49. The molecule has 5 aliphatic rings. The largest absolute Gasteiger partial charge is 0.353 e. The summed E-state index contributed by atoms with van der Waals surface area (Å²) in [6.07, 6.45) is 10.7. The molecule has 4 bridgehead atoms. The number of nitrogens with zero attached hydrogens (tertiary/aromatic N) is 1. The van der Waals surface area contributed by atoms with Crippen LogP contribution < -0.4 is 5.32 Å². The number of rotatable bonds is 5. The SMILES string of the molecule is O=C(CC12CC3CC(CC(Br)(C3)C1)C2)NC1CCN(Cc2ccc(Cl)cc2)CC1. The van der Waals surface area contributed by atoms with Crippen LogP contribution >= 0.6 is 27.5 Å². The molecule has 29 heavy (non-hydrogen) atoms. The first-order valence-electron chi connectivity index (χ1n) is 11.3. The number of amides is 1. The second-order valence-corrected chi connectivity index (χ2v) is 12.7. The highest BCUT2D eigenvalue weighted by molar-refractivity contribution is 9.10. The summed E-state index contributed by atoms with van der Waals surface area (Å²) in [5, 5.41) is 4.19. The molecule has 158 valence electrons. The van der Waals surface area contributed by atoms with Gasteiger partial charge in [-0.25, -0.2) is 0 Å². The Morgan fingerprint density at radius 3 is 2.38 bits per heavy atom. The van der Waals surface area contributed by atoms with Crippen LogP contribution in [0.15, 0.2) is 24.3 Å². The van der Waals surface area contributed by atoms with Crippen molar-refractivity contribution in [3.63, 3.8) is 0 Å². The molecule has 4 saturated carbocycles. The van der Waals surface area contributed by atoms with Gasteiger partial charge in [0.25, 0.3) is 0 Å². The number of nitrogens with one attached hydrogen (secondary N) is 1. The van der Waals surface area contributed by atoms with Gasteiger partial charge >= 0.3 is 0 Å². The van der Waals surface area contributed by atoms with Gasteiger partial charge < -0.3 is 5.32 Å². The minimum Gasteiger partial charge on any atom is -0.353 e. The van der Waals surface area contributed by atoms with Crippen molar-refractivity contribution in [2.75, 3.05) is 13.1 Å². The minimum absolute atomic E-state index is 0.271. The third kappa shape index (κ3) is 4.55. The summed E-state index contributed by atoms with van der Waals surface area (Å²) in [4.78, 5) is 15.4. The second kappa shape index (κ2) is 7.84. The van der Waals surface area contributed by atoms with Crippen LogP contribution in [0, 0.1) is 17.3 Å². The summed E-state index contributed by atoms with van der Waals surface area (Å²) in [6, 6.07) is 8.49. The van der Waals surface area contributed by atoms with E-state index in [-0.39, 0.29) is 5.41 Å². The van der Waals surface area contributed by atoms with Gasteiger partial charge in [-0.3, -0.25) is 9.69 Å². The summed E-state index contributed by atoms with van der Waals surface area (Å²) < 4.78 is 0.338. The maximum Gasteiger partial charge on any atom is 0.220 e. The first-order valence-corrected chi connectivity index (χ1v) is 12.5. The van der Waals surface area contributed by atoms with Crippen molar-refractivity contribution in [1.29, 1.82) is 0 Å². The van der Waals surface area contributed by atoms with Gasteiger partial charge in [0.2, 0.25) is 5.91 Å². The number of carbonyl (C=O) groups excluding carboxylic acids is 1. The molecular weight excluding hydrogens is 448 g/mol. The lowest BCUT2D eigenvalue weighted by Crippen LogP contribution is -2.54. The van der Waals surface area contributed by atoms with Crippen LogP contribution in [0.5, 0.6) is 0 Å². The van der Waals surface area contributed by atoms with E-state index in [1.54, 1.807) is 0 Å². The first-order chi connectivity index (χ1) is 13.9. The summed E-state index contributed by atoms with van der Waals surface area (Å²) >= 11 is 10.1. The molecule has 4 aliphatic carbocycles. The zero-order valence-electron chi connectivity index (χ0n) is 17.1. The zero-order chi connectivity index (χ0) is 20.1. The van der Waals surface area contributed by atoms with Gasteiger partial charge in [-0.05, 0) is 86.3 Å². The highest BCUT2D eigenvalue weighted by atomic mass is 79.9. The summed E-state index contributed by atoms with van der Waals surface area (Å²) in [7, 11) is 0. The van der Waals surface area contributed by atoms with E-state index in [0.29, 0.717) is 16.3 Å². The summed E-state index contributed by atoms with van der Waals surface area (Å²) in [5.41, 5.74) is 1.58. The number of hydrogen-bond donors (Lipinski definition) is 1. The van der Waals surface area contributed by atoms with Gasteiger partial charge in [0.15, 0.2) is 0 Å². The van der Waals surface area contributed by atoms with E-state index >= 15 is 0 Å². The van der Waals surface area contributed by atoms with E-state index in [2.05, 4.69) is 38.3 Å². The fourth-order valence-electron chi connectivity index (χ4n) is 7.25. The smallest absolute Gasteiger partial charge is 0.220 e. The fraction of sp³-hybridized carbons (Fsp3) is 0.708. The van der Waals surface area contributed by atoms with E-state index in [9.17, 15) is 4.79 Å². The van der Waals surface area contributed by atoms with Crippen LogP contribution in [0.4, 0.5) is 0 Å². The van der Waals surface area contributed by atoms with Crippen molar-refractivity contribution in [3.05, 3.63) is 34.9 Å². The van der Waals surface area contributed by atoms with Crippen LogP contribution in [-0.4, -0.2) is 34.3 Å². The minimum atomic E-state index is 0.271. The van der Waals surface area contributed by atoms with E-state index in [1.165, 1.54) is 44.1 Å². The van der Waals surface area contributed by atoms with Crippen LogP contribution in [-0.2, 0) is 11.3 Å². The number of halogens is 2. The molecule has 1 heterocycles. The van der Waals surface area contributed by atoms with Crippen molar-refractivity contribution in [2.45, 2.75) is 74.7 Å². The Bertz CT molecular complexity index is 745. The van der Waals surface area contributed by atoms with Crippen LogP contribution in [0.25, 0.3) is 0 Å². The van der Waals surface area contributed by atoms with Gasteiger partial charge in [0, 0.05) is 41.4 Å². The predicted molar refractivity (Wildman–Crippen MR) is 121 cm³/mol. The van der Waals surface area contributed by atoms with E-state index in [1.807, 2.05) is 12.1 Å². The van der Waals surface area contributed by atoms with Gasteiger partial charge in [-0.15, -0.1) is 0 Å². The second-order valence-electron chi connectivity index (χ2n) is 10.5. The first kappa shape index (κ1) is 20.3. The van der Waals surface area contributed by atoms with Crippen molar-refractivity contribution in [1.82, 2.24) is 10.2 Å². The van der Waals surface area contributed by atoms with E-state index < -0.39 is 0 Å². The lowest BCUT2D eigenvalue weighted by Gasteiger charge is -2.60. The quantitative estimate of drug-likeness (QED) is 0.562. The highest BCUT2D eigenvalue weighted by Gasteiger charge is 2.57. The van der Waals surface area contributed by atoms with Crippen molar-refractivity contribution < 1.29 is 4.79 Å². The fourth-order valence-corrected chi connectivity index (χ4v) is 8.88. The standard InChI is InChI=1S/C24H32BrClN2O/c25-24-12-18-9-19(13-24)11-23(10-18,16-24)14-22(29)27-21-5-7-28(8-6-21)15-17-1-3-20(26)4-2-17/h1-4,18-19,21H,5-16H2,(H,27,29). The Labute approximate surface area is 188 Å². The summed E-state index contributed by atoms with van der Waals surface area (Å²) in [6.45, 7) is 3.07. The number of piperidine rings is 1. The molecule has 2 unspecified atom stereocenters. The van der Waals surface area contributed by atoms with Crippen molar-refractivity contribution >= 4 is 33.4 Å². The average Bonchev–Trinajstić information content (AvgIpc) is 2.62. The Morgan fingerprint density at radius 1 is 1.10 bits per heavy atom.